The summed E-state index contributed by atoms with van der Waals surface area (Å²) in [6, 6.07) is 3.73. The molecule has 1 unspecified atom stereocenters. The van der Waals surface area contributed by atoms with Crippen LogP contribution in [0.5, 0.6) is 5.75 Å². The Bertz CT molecular complexity index is 412. The zero-order valence-electron chi connectivity index (χ0n) is 10.1. The number of nitrogens with two attached hydrogens (primary N) is 1. The number of hydrogen-bond acceptors (Lipinski definition) is 4. The van der Waals surface area contributed by atoms with Crippen molar-refractivity contribution in [3.63, 3.8) is 0 Å². The summed E-state index contributed by atoms with van der Waals surface area (Å²) in [7, 11) is 0. The lowest BCUT2D eigenvalue weighted by molar-refractivity contribution is -0.122. The van der Waals surface area contributed by atoms with E-state index in [0.717, 1.165) is 6.07 Å². The molecular formula is C12H17FN2O3. The Balaban J connectivity index is 2.36. The molecule has 100 valence electrons. The van der Waals surface area contributed by atoms with Crippen molar-refractivity contribution in [3.8, 4) is 5.75 Å². The van der Waals surface area contributed by atoms with Gasteiger partial charge in [0.05, 0.1) is 6.61 Å². The Morgan fingerprint density at radius 3 is 2.94 bits per heavy atom. The summed E-state index contributed by atoms with van der Waals surface area (Å²) in [5.74, 6) is -1.08. The van der Waals surface area contributed by atoms with Crippen LogP contribution < -0.4 is 11.1 Å². The molecule has 0 aromatic heterocycles. The number of ether oxygens (including phenoxy) is 1. The van der Waals surface area contributed by atoms with E-state index in [-0.39, 0.29) is 18.4 Å². The standard InChI is InChI=1S/C12H17FN2O3/c1-8(15-4-5-18-7-12(14)17)10-3-2-9(13)6-11(10)16/h2-3,6,8,15-16H,4-5,7H2,1H3,(H2,14,17). The minimum Gasteiger partial charge on any atom is -0.508 e. The molecule has 1 rings (SSSR count). The minimum absolute atomic E-state index is 0.0898. The molecule has 0 fully saturated rings. The maximum Gasteiger partial charge on any atom is 0.243 e. The molecule has 1 aromatic carbocycles. The topological polar surface area (TPSA) is 84.6 Å². The molecule has 6 heteroatoms. The number of carbonyl (C=O) groups excluding carboxylic acids is 1. The number of benzene rings is 1. The van der Waals surface area contributed by atoms with Crippen molar-refractivity contribution in [1.82, 2.24) is 5.32 Å². The summed E-state index contributed by atoms with van der Waals surface area (Å²) in [4.78, 5) is 10.4. The van der Waals surface area contributed by atoms with E-state index in [1.807, 2.05) is 6.92 Å². The summed E-state index contributed by atoms with van der Waals surface area (Å²) in [5.41, 5.74) is 5.51. The highest BCUT2D eigenvalue weighted by Gasteiger charge is 2.10. The number of aromatic hydroxyl groups is 1. The van der Waals surface area contributed by atoms with Crippen molar-refractivity contribution < 1.29 is 19.0 Å². The fourth-order valence-corrected chi connectivity index (χ4v) is 1.51. The van der Waals surface area contributed by atoms with Crippen molar-refractivity contribution in [2.24, 2.45) is 5.73 Å². The van der Waals surface area contributed by atoms with Gasteiger partial charge in [0.1, 0.15) is 18.2 Å². The lowest BCUT2D eigenvalue weighted by Crippen LogP contribution is -2.26. The Morgan fingerprint density at radius 1 is 1.61 bits per heavy atom. The maximum absolute atomic E-state index is 12.8. The number of hydrogen-bond donors (Lipinski definition) is 3. The molecular weight excluding hydrogens is 239 g/mol. The lowest BCUT2D eigenvalue weighted by Gasteiger charge is -2.15. The van der Waals surface area contributed by atoms with E-state index in [1.54, 1.807) is 0 Å². The number of phenolic OH excluding ortho intramolecular Hbond substituents is 1. The molecule has 0 spiro atoms. The number of rotatable bonds is 7. The highest BCUT2D eigenvalue weighted by molar-refractivity contribution is 5.74. The number of phenols is 1. The lowest BCUT2D eigenvalue weighted by atomic mass is 10.1. The molecule has 0 saturated carbocycles. The SMILES string of the molecule is CC(NCCOCC(N)=O)c1ccc(F)cc1O. The summed E-state index contributed by atoms with van der Waals surface area (Å²) >= 11 is 0. The highest BCUT2D eigenvalue weighted by Crippen LogP contribution is 2.24. The predicted molar refractivity (Wildman–Crippen MR) is 64.5 cm³/mol. The first-order valence-corrected chi connectivity index (χ1v) is 5.58. The molecule has 0 bridgehead atoms. The van der Waals surface area contributed by atoms with E-state index in [1.165, 1.54) is 12.1 Å². The number of carbonyl (C=O) groups is 1. The summed E-state index contributed by atoms with van der Waals surface area (Å²) in [6.45, 7) is 2.54. The van der Waals surface area contributed by atoms with E-state index in [4.69, 9.17) is 10.5 Å². The van der Waals surface area contributed by atoms with Crippen LogP contribution in [0.25, 0.3) is 0 Å². The highest BCUT2D eigenvalue weighted by atomic mass is 19.1. The molecule has 18 heavy (non-hydrogen) atoms. The number of primary amides is 1. The van der Waals surface area contributed by atoms with Crippen molar-refractivity contribution in [2.75, 3.05) is 19.8 Å². The van der Waals surface area contributed by atoms with Crippen molar-refractivity contribution in [2.45, 2.75) is 13.0 Å². The molecule has 1 aromatic rings. The van der Waals surface area contributed by atoms with Gasteiger partial charge < -0.3 is 20.9 Å². The first-order valence-electron chi connectivity index (χ1n) is 5.58. The van der Waals surface area contributed by atoms with Gasteiger partial charge in [0, 0.05) is 24.2 Å². The fraction of sp³-hybridized carbons (Fsp3) is 0.417. The summed E-state index contributed by atoms with van der Waals surface area (Å²) in [6.07, 6.45) is 0. The number of amides is 1. The fourth-order valence-electron chi connectivity index (χ4n) is 1.51. The maximum atomic E-state index is 12.8. The van der Waals surface area contributed by atoms with Crippen molar-refractivity contribution >= 4 is 5.91 Å². The van der Waals surface area contributed by atoms with Crippen LogP contribution in [0.2, 0.25) is 0 Å². The van der Waals surface area contributed by atoms with Crippen LogP contribution in [0.3, 0.4) is 0 Å². The van der Waals surface area contributed by atoms with Crippen LogP contribution in [-0.2, 0) is 9.53 Å². The Morgan fingerprint density at radius 2 is 2.33 bits per heavy atom. The summed E-state index contributed by atoms with van der Waals surface area (Å²) < 4.78 is 17.8. The second kappa shape index (κ2) is 6.93. The quantitative estimate of drug-likeness (QED) is 0.626. The van der Waals surface area contributed by atoms with E-state index in [9.17, 15) is 14.3 Å². The van der Waals surface area contributed by atoms with Gasteiger partial charge in [0.25, 0.3) is 0 Å². The number of halogens is 1. The second-order valence-electron chi connectivity index (χ2n) is 3.90. The normalized spacial score (nSPS) is 12.3. The van der Waals surface area contributed by atoms with Gasteiger partial charge in [0.15, 0.2) is 0 Å². The van der Waals surface area contributed by atoms with E-state index >= 15 is 0 Å². The van der Waals surface area contributed by atoms with Crippen LogP contribution in [0, 0.1) is 5.82 Å². The first-order chi connectivity index (χ1) is 8.50. The van der Waals surface area contributed by atoms with E-state index < -0.39 is 11.7 Å². The van der Waals surface area contributed by atoms with Gasteiger partial charge >= 0.3 is 0 Å². The molecule has 4 N–H and O–H groups in total. The van der Waals surface area contributed by atoms with Crippen LogP contribution in [0.4, 0.5) is 4.39 Å². The van der Waals surface area contributed by atoms with Gasteiger partial charge in [-0.05, 0) is 13.0 Å². The van der Waals surface area contributed by atoms with Crippen LogP contribution in [-0.4, -0.2) is 30.8 Å². The zero-order valence-corrected chi connectivity index (χ0v) is 10.1. The molecule has 0 heterocycles. The molecule has 0 aliphatic heterocycles. The smallest absolute Gasteiger partial charge is 0.243 e. The molecule has 1 atom stereocenters. The Hall–Kier alpha value is -1.66. The molecule has 5 nitrogen and oxygen atoms in total. The van der Waals surface area contributed by atoms with Gasteiger partial charge in [-0.25, -0.2) is 4.39 Å². The van der Waals surface area contributed by atoms with Gasteiger partial charge in [-0.3, -0.25) is 4.79 Å². The predicted octanol–water partition coefficient (Wildman–Crippen LogP) is 0.684. The molecule has 1 amide bonds. The third-order valence-electron chi connectivity index (χ3n) is 2.40. The first kappa shape index (κ1) is 14.4. The van der Waals surface area contributed by atoms with E-state index in [2.05, 4.69) is 5.32 Å². The Labute approximate surface area is 105 Å². The molecule has 0 aliphatic carbocycles. The Kier molecular flexibility index (Phi) is 5.54. The van der Waals surface area contributed by atoms with Crippen molar-refractivity contribution in [1.29, 1.82) is 0 Å². The van der Waals surface area contributed by atoms with Crippen LogP contribution >= 0.6 is 0 Å². The van der Waals surface area contributed by atoms with E-state index in [0.29, 0.717) is 18.7 Å². The van der Waals surface area contributed by atoms with Crippen molar-refractivity contribution in [3.05, 3.63) is 29.6 Å². The number of nitrogens with one attached hydrogen (secondary N) is 1. The summed E-state index contributed by atoms with van der Waals surface area (Å²) in [5, 5.41) is 12.6. The average Bonchev–Trinajstić information content (AvgIpc) is 2.27. The van der Waals surface area contributed by atoms with Crippen LogP contribution in [0.1, 0.15) is 18.5 Å². The molecule has 0 radical (unpaired) electrons. The zero-order chi connectivity index (χ0) is 13.5. The largest absolute Gasteiger partial charge is 0.508 e. The average molecular weight is 256 g/mol. The third-order valence-corrected chi connectivity index (χ3v) is 2.40. The van der Waals surface area contributed by atoms with Gasteiger partial charge in [-0.15, -0.1) is 0 Å². The minimum atomic E-state index is -0.515. The van der Waals surface area contributed by atoms with Gasteiger partial charge in [-0.1, -0.05) is 6.07 Å². The second-order valence-corrected chi connectivity index (χ2v) is 3.90. The van der Waals surface area contributed by atoms with Gasteiger partial charge in [0.2, 0.25) is 5.91 Å². The van der Waals surface area contributed by atoms with Gasteiger partial charge in [-0.2, -0.15) is 0 Å². The van der Waals surface area contributed by atoms with Crippen LogP contribution in [0.15, 0.2) is 18.2 Å². The molecule has 0 saturated heterocycles. The molecule has 0 aliphatic rings. The monoisotopic (exact) mass is 256 g/mol. The third kappa shape index (κ3) is 4.68.